The second-order valence-corrected chi connectivity index (χ2v) is 10.7. The van der Waals surface area contributed by atoms with Crippen LogP contribution in [0.25, 0.3) is 10.9 Å². The van der Waals surface area contributed by atoms with Crippen molar-refractivity contribution in [2.24, 2.45) is 11.8 Å². The number of H-pyrrole nitrogens is 1. The minimum atomic E-state index is -2.73. The summed E-state index contributed by atoms with van der Waals surface area (Å²) in [5, 5.41) is 18.4. The lowest BCUT2D eigenvalue weighted by Gasteiger charge is -2.36. The summed E-state index contributed by atoms with van der Waals surface area (Å²) < 4.78 is 15.5. The van der Waals surface area contributed by atoms with Gasteiger partial charge in [-0.25, -0.2) is 4.39 Å². The molecule has 1 saturated heterocycles. The van der Waals surface area contributed by atoms with E-state index >= 15 is 4.39 Å². The number of nitriles is 1. The zero-order valence-electron chi connectivity index (χ0n) is 19.7. The lowest BCUT2D eigenvalue weighted by molar-refractivity contribution is -0.133. The van der Waals surface area contributed by atoms with E-state index < -0.39 is 41.5 Å². The fourth-order valence-corrected chi connectivity index (χ4v) is 4.73. The van der Waals surface area contributed by atoms with Gasteiger partial charge in [0.15, 0.2) is 0 Å². The number of halogens is 2. The Balaban J connectivity index is 1.45. The topological polar surface area (TPSA) is 127 Å². The number of para-hydroxylation sites is 1. The molecule has 2 aliphatic rings. The normalized spacial score (nSPS) is 21.9. The molecular formula is C25H29ClFN5O3. The predicted molar refractivity (Wildman–Crippen MR) is 129 cm³/mol. The van der Waals surface area contributed by atoms with Gasteiger partial charge in [-0.15, -0.1) is 0 Å². The quantitative estimate of drug-likeness (QED) is 0.411. The van der Waals surface area contributed by atoms with Crippen LogP contribution < -0.4 is 16.0 Å². The zero-order valence-corrected chi connectivity index (χ0v) is 20.5. The summed E-state index contributed by atoms with van der Waals surface area (Å²) in [4.78, 5) is 41.3. The van der Waals surface area contributed by atoms with Gasteiger partial charge in [-0.1, -0.05) is 36.6 Å². The van der Waals surface area contributed by atoms with Gasteiger partial charge in [0, 0.05) is 23.3 Å². The number of hydrogen-bond acceptors (Lipinski definition) is 4. The molecule has 3 atom stereocenters. The van der Waals surface area contributed by atoms with Crippen molar-refractivity contribution in [2.45, 2.75) is 69.7 Å². The second kappa shape index (κ2) is 9.50. The van der Waals surface area contributed by atoms with Crippen LogP contribution in [0.3, 0.4) is 0 Å². The molecule has 0 bridgehead atoms. The van der Waals surface area contributed by atoms with Crippen LogP contribution in [0.5, 0.6) is 0 Å². The molecule has 8 nitrogen and oxygen atoms in total. The number of rotatable bonds is 8. The third-order valence-electron chi connectivity index (χ3n) is 6.71. The molecule has 1 aromatic heterocycles. The number of hydrogen-bond donors (Lipinski definition) is 4. The number of alkyl halides is 1. The highest BCUT2D eigenvalue weighted by Gasteiger charge is 2.43. The van der Waals surface area contributed by atoms with Crippen molar-refractivity contribution in [3.63, 3.8) is 0 Å². The van der Waals surface area contributed by atoms with E-state index in [0.29, 0.717) is 29.8 Å². The van der Waals surface area contributed by atoms with E-state index in [4.69, 9.17) is 11.6 Å². The largest absolute Gasteiger partial charge is 0.351 e. The number of aromatic amines is 1. The number of amides is 3. The first-order valence-electron chi connectivity index (χ1n) is 11.8. The molecule has 1 aliphatic heterocycles. The lowest BCUT2D eigenvalue weighted by atomic mass is 9.83. The van der Waals surface area contributed by atoms with Crippen LogP contribution in [0.15, 0.2) is 24.3 Å². The van der Waals surface area contributed by atoms with Crippen molar-refractivity contribution < 1.29 is 18.8 Å². The Morgan fingerprint density at radius 2 is 2.09 bits per heavy atom. The molecule has 35 heavy (non-hydrogen) atoms. The Bertz CT molecular complexity index is 1200. The summed E-state index contributed by atoms with van der Waals surface area (Å²) in [6.45, 7) is 3.75. The van der Waals surface area contributed by atoms with Crippen molar-refractivity contribution >= 4 is 40.2 Å². The van der Waals surface area contributed by atoms with E-state index in [-0.39, 0.29) is 17.5 Å². The molecule has 1 aliphatic carbocycles. The van der Waals surface area contributed by atoms with Crippen LogP contribution in [0.2, 0.25) is 5.02 Å². The van der Waals surface area contributed by atoms with Gasteiger partial charge in [0.1, 0.15) is 17.8 Å². The monoisotopic (exact) mass is 501 g/mol. The van der Waals surface area contributed by atoms with E-state index in [2.05, 4.69) is 20.9 Å². The average molecular weight is 502 g/mol. The lowest BCUT2D eigenvalue weighted by Crippen LogP contribution is -2.56. The molecule has 2 heterocycles. The number of benzene rings is 1. The highest BCUT2D eigenvalue weighted by molar-refractivity contribution is 6.35. The van der Waals surface area contributed by atoms with E-state index in [0.717, 1.165) is 18.2 Å². The Morgan fingerprint density at radius 1 is 1.34 bits per heavy atom. The second-order valence-electron chi connectivity index (χ2n) is 10.3. The first kappa shape index (κ1) is 25.0. The van der Waals surface area contributed by atoms with Crippen LogP contribution in [0.1, 0.15) is 62.9 Å². The Kier molecular flexibility index (Phi) is 6.78. The maximum Gasteiger partial charge on any atom is 0.270 e. The summed E-state index contributed by atoms with van der Waals surface area (Å²) in [5.74, 6) is -4.89. The molecule has 10 heteroatoms. The number of nitrogens with zero attached hydrogens (tertiary/aromatic N) is 1. The third kappa shape index (κ3) is 5.93. The van der Waals surface area contributed by atoms with Gasteiger partial charge in [0.2, 0.25) is 11.8 Å². The Hall–Kier alpha value is -3.12. The van der Waals surface area contributed by atoms with Crippen molar-refractivity contribution in [1.82, 2.24) is 20.9 Å². The maximum atomic E-state index is 15.5. The Labute approximate surface area is 208 Å². The standard InChI is InChI=1S/C25H29ClFN5O3/c1-24(2)9-8-16(21(33)31-24)12-25(27,13-28)32-23(35)18(10-14-6-7-14)30-22(34)19-11-15-4-3-5-17(26)20(15)29-19/h3-5,11,14,16,18,29H,6-10,12H2,1-2H3,(H,30,34)(H,31,33)(H,32,35). The summed E-state index contributed by atoms with van der Waals surface area (Å²) in [7, 11) is 0. The molecule has 4 N–H and O–H groups in total. The summed E-state index contributed by atoms with van der Waals surface area (Å²) in [5.41, 5.74) is 0.424. The number of carbonyl (C=O) groups excluding carboxylic acids is 3. The molecule has 0 spiro atoms. The molecule has 0 radical (unpaired) electrons. The predicted octanol–water partition coefficient (Wildman–Crippen LogP) is 3.72. The van der Waals surface area contributed by atoms with E-state index in [9.17, 15) is 19.6 Å². The van der Waals surface area contributed by atoms with E-state index in [1.807, 2.05) is 13.8 Å². The minimum absolute atomic E-state index is 0.218. The number of carbonyl (C=O) groups is 3. The molecular weight excluding hydrogens is 473 g/mol. The van der Waals surface area contributed by atoms with E-state index in [1.54, 1.807) is 24.3 Å². The molecule has 3 amide bonds. The van der Waals surface area contributed by atoms with E-state index in [1.165, 1.54) is 6.07 Å². The number of piperidine rings is 1. The number of nitrogens with one attached hydrogen (secondary N) is 4. The van der Waals surface area contributed by atoms with Crippen LogP contribution in [0, 0.1) is 23.2 Å². The van der Waals surface area contributed by atoms with Crippen LogP contribution in [-0.2, 0) is 9.59 Å². The molecule has 186 valence electrons. The smallest absolute Gasteiger partial charge is 0.270 e. The average Bonchev–Trinajstić information content (AvgIpc) is 3.49. The Morgan fingerprint density at radius 3 is 2.71 bits per heavy atom. The fourth-order valence-electron chi connectivity index (χ4n) is 4.50. The first-order chi connectivity index (χ1) is 16.5. The SMILES string of the molecule is CC1(C)CCC(CC(F)(C#N)NC(=O)C(CC2CC2)NC(=O)c2cc3cccc(Cl)c3[nH]2)C(=O)N1. The molecule has 1 aromatic carbocycles. The van der Waals surface area contributed by atoms with Gasteiger partial charge in [-0.3, -0.25) is 14.4 Å². The molecule has 2 fully saturated rings. The van der Waals surface area contributed by atoms with Crippen molar-refractivity contribution in [3.8, 4) is 6.07 Å². The highest BCUT2D eigenvalue weighted by Crippen LogP contribution is 2.34. The minimum Gasteiger partial charge on any atom is -0.351 e. The molecule has 4 rings (SSSR count). The van der Waals surface area contributed by atoms with Crippen molar-refractivity contribution in [3.05, 3.63) is 35.0 Å². The number of aromatic nitrogens is 1. The van der Waals surface area contributed by atoms with Crippen molar-refractivity contribution in [2.75, 3.05) is 0 Å². The van der Waals surface area contributed by atoms with Crippen molar-refractivity contribution in [1.29, 1.82) is 5.26 Å². The van der Waals surface area contributed by atoms with Crippen LogP contribution >= 0.6 is 11.6 Å². The molecule has 1 saturated carbocycles. The van der Waals surface area contributed by atoms with Gasteiger partial charge < -0.3 is 20.9 Å². The van der Waals surface area contributed by atoms with Gasteiger partial charge >= 0.3 is 0 Å². The van der Waals surface area contributed by atoms with Gasteiger partial charge in [-0.05, 0) is 51.2 Å². The summed E-state index contributed by atoms with van der Waals surface area (Å²) in [6, 6.07) is 7.38. The molecule has 2 aromatic rings. The number of fused-ring (bicyclic) bond motifs is 1. The van der Waals surface area contributed by atoms with Crippen LogP contribution in [0.4, 0.5) is 4.39 Å². The van der Waals surface area contributed by atoms with Crippen LogP contribution in [-0.4, -0.2) is 40.1 Å². The summed E-state index contributed by atoms with van der Waals surface area (Å²) >= 11 is 6.18. The van der Waals surface area contributed by atoms with Gasteiger partial charge in [-0.2, -0.15) is 5.26 Å². The van der Waals surface area contributed by atoms with Gasteiger partial charge in [0.25, 0.3) is 11.7 Å². The maximum absolute atomic E-state index is 15.5. The fraction of sp³-hybridized carbons (Fsp3) is 0.520. The highest BCUT2D eigenvalue weighted by atomic mass is 35.5. The van der Waals surface area contributed by atoms with Gasteiger partial charge in [0.05, 0.1) is 10.5 Å². The first-order valence-corrected chi connectivity index (χ1v) is 12.2. The zero-order chi connectivity index (χ0) is 25.4. The molecule has 3 unspecified atom stereocenters. The summed E-state index contributed by atoms with van der Waals surface area (Å²) in [6.07, 6.45) is 2.75. The third-order valence-corrected chi connectivity index (χ3v) is 7.03.